The highest BCUT2D eigenvalue weighted by Crippen LogP contribution is 2.73. The molecular weight excluding hydrogens is 440 g/mol. The summed E-state index contributed by atoms with van der Waals surface area (Å²) in [5, 5.41) is 0. The van der Waals surface area contributed by atoms with Crippen LogP contribution in [0, 0.1) is 50.7 Å². The Morgan fingerprint density at radius 1 is 0.971 bits per heavy atom. The van der Waals surface area contributed by atoms with Gasteiger partial charge in [0.05, 0.1) is 12.5 Å². The summed E-state index contributed by atoms with van der Waals surface area (Å²) in [6, 6.07) is 0. The summed E-state index contributed by atoms with van der Waals surface area (Å²) in [5.41, 5.74) is -0.0374. The first-order valence-electron chi connectivity index (χ1n) is 13.8. The third-order valence-corrected chi connectivity index (χ3v) is 12.2. The second kappa shape index (κ2) is 6.88. The largest absolute Gasteiger partial charge is 0.469 e. The van der Waals surface area contributed by atoms with E-state index in [1.165, 1.54) is 12.7 Å². The Balaban J connectivity index is 1.46. The Morgan fingerprint density at radius 2 is 1.69 bits per heavy atom. The van der Waals surface area contributed by atoms with E-state index in [1.54, 1.807) is 0 Å². The number of esters is 1. The Labute approximate surface area is 209 Å². The number of ketones is 2. The fourth-order valence-corrected chi connectivity index (χ4v) is 10.4. The fraction of sp³-hybridized carbons (Fsp3) is 0.833. The SMILES string of the molecule is COC(=O)C12CCC3C(C(=O)C=C4C3(C)CCC3C(C)(C)C(=O)C5OC5C43C)C1CC(C)(C)CC2. The molecule has 5 heteroatoms. The van der Waals surface area contributed by atoms with Crippen molar-refractivity contribution in [3.05, 3.63) is 11.6 Å². The van der Waals surface area contributed by atoms with Crippen molar-refractivity contribution in [2.24, 2.45) is 50.7 Å². The molecule has 1 saturated heterocycles. The molecule has 9 unspecified atom stereocenters. The normalized spacial score (nSPS) is 51.0. The minimum atomic E-state index is -0.534. The van der Waals surface area contributed by atoms with Crippen molar-refractivity contribution in [2.75, 3.05) is 7.11 Å². The number of hydrogen-bond donors (Lipinski definition) is 0. The average molecular weight is 483 g/mol. The van der Waals surface area contributed by atoms with Crippen LogP contribution < -0.4 is 0 Å². The van der Waals surface area contributed by atoms with Gasteiger partial charge in [-0.05, 0) is 79.6 Å². The van der Waals surface area contributed by atoms with Crippen LogP contribution in [0.15, 0.2) is 11.6 Å². The van der Waals surface area contributed by atoms with Gasteiger partial charge in [-0.2, -0.15) is 0 Å². The van der Waals surface area contributed by atoms with Crippen LogP contribution in [0.25, 0.3) is 0 Å². The predicted octanol–water partition coefficient (Wildman–Crippen LogP) is 5.31. The van der Waals surface area contributed by atoms with E-state index < -0.39 is 10.8 Å². The number of allylic oxidation sites excluding steroid dienone is 1. The molecule has 0 aromatic carbocycles. The van der Waals surface area contributed by atoms with Crippen molar-refractivity contribution in [1.29, 1.82) is 0 Å². The molecule has 6 rings (SSSR count). The topological polar surface area (TPSA) is 73.0 Å². The van der Waals surface area contributed by atoms with Gasteiger partial charge in [0.15, 0.2) is 11.6 Å². The summed E-state index contributed by atoms with van der Waals surface area (Å²) >= 11 is 0. The van der Waals surface area contributed by atoms with Gasteiger partial charge >= 0.3 is 5.97 Å². The van der Waals surface area contributed by atoms with Crippen molar-refractivity contribution in [3.8, 4) is 0 Å². The monoisotopic (exact) mass is 482 g/mol. The first-order valence-corrected chi connectivity index (χ1v) is 13.8. The second-order valence-corrected chi connectivity index (χ2v) is 14.6. The number of rotatable bonds is 1. The molecule has 0 N–H and O–H groups in total. The van der Waals surface area contributed by atoms with Gasteiger partial charge in [-0.3, -0.25) is 14.4 Å². The van der Waals surface area contributed by atoms with Crippen LogP contribution in [0.5, 0.6) is 0 Å². The van der Waals surface area contributed by atoms with Crippen LogP contribution in [0.3, 0.4) is 0 Å². The number of carbonyl (C=O) groups is 3. The molecule has 5 nitrogen and oxygen atoms in total. The maximum absolute atomic E-state index is 14.2. The average Bonchev–Trinajstić information content (AvgIpc) is 3.60. The molecule has 0 aromatic heterocycles. The Bertz CT molecular complexity index is 1050. The van der Waals surface area contributed by atoms with Crippen LogP contribution in [0.1, 0.15) is 86.5 Å². The van der Waals surface area contributed by atoms with Gasteiger partial charge in [0.2, 0.25) is 0 Å². The van der Waals surface area contributed by atoms with Crippen molar-refractivity contribution in [1.82, 2.24) is 0 Å². The highest BCUT2D eigenvalue weighted by atomic mass is 16.6. The summed E-state index contributed by atoms with van der Waals surface area (Å²) in [6.07, 6.45) is 7.92. The number of fused-ring (bicyclic) bond motifs is 9. The molecule has 35 heavy (non-hydrogen) atoms. The van der Waals surface area contributed by atoms with Crippen molar-refractivity contribution >= 4 is 17.5 Å². The Kier molecular flexibility index (Phi) is 4.69. The standard InChI is InChI=1S/C30H42O5/c1-26(2)12-13-30(25(33)34-7)11-8-16-21(17(30)15-26)18(31)14-20-28(16,5)10-9-19-27(3,4)23(32)22-24(35-22)29(19,20)6/h14,16-17,19,21-22,24H,8-13,15H2,1-7H3. The van der Waals surface area contributed by atoms with Crippen molar-refractivity contribution in [3.63, 3.8) is 0 Å². The fourth-order valence-electron chi connectivity index (χ4n) is 10.4. The lowest BCUT2D eigenvalue weighted by atomic mass is 9.38. The third-order valence-electron chi connectivity index (χ3n) is 12.2. The van der Waals surface area contributed by atoms with E-state index in [4.69, 9.17) is 9.47 Å². The maximum Gasteiger partial charge on any atom is 0.312 e. The smallest absolute Gasteiger partial charge is 0.312 e. The number of methoxy groups -OCH3 is 1. The van der Waals surface area contributed by atoms with E-state index in [0.717, 1.165) is 44.9 Å². The zero-order valence-electron chi connectivity index (χ0n) is 22.5. The highest BCUT2D eigenvalue weighted by Gasteiger charge is 2.74. The minimum absolute atomic E-state index is 0.0272. The quantitative estimate of drug-likeness (QED) is 0.374. The highest BCUT2D eigenvalue weighted by molar-refractivity contribution is 5.97. The molecule has 5 fully saturated rings. The minimum Gasteiger partial charge on any atom is -0.469 e. The molecule has 0 bridgehead atoms. The first-order chi connectivity index (χ1) is 16.2. The van der Waals surface area contributed by atoms with Crippen LogP contribution in [-0.2, 0) is 23.9 Å². The van der Waals surface area contributed by atoms with Crippen LogP contribution in [0.2, 0.25) is 0 Å². The molecule has 0 aromatic rings. The van der Waals surface area contributed by atoms with Gasteiger partial charge < -0.3 is 9.47 Å². The number of carbonyl (C=O) groups excluding carboxylic acids is 3. The van der Waals surface area contributed by atoms with E-state index in [2.05, 4.69) is 41.5 Å². The van der Waals surface area contributed by atoms with E-state index in [9.17, 15) is 14.4 Å². The lowest BCUT2D eigenvalue weighted by molar-refractivity contribution is -0.178. The van der Waals surface area contributed by atoms with E-state index in [0.29, 0.717) is 0 Å². The molecule has 5 aliphatic carbocycles. The molecule has 0 spiro atoms. The zero-order chi connectivity index (χ0) is 25.3. The van der Waals surface area contributed by atoms with Gasteiger partial charge in [-0.25, -0.2) is 0 Å². The van der Waals surface area contributed by atoms with Crippen LogP contribution >= 0.6 is 0 Å². The number of epoxide rings is 1. The van der Waals surface area contributed by atoms with Crippen molar-refractivity contribution < 1.29 is 23.9 Å². The van der Waals surface area contributed by atoms with Gasteiger partial charge in [-0.15, -0.1) is 0 Å². The summed E-state index contributed by atoms with van der Waals surface area (Å²) in [5.74, 6) is 0.626. The van der Waals surface area contributed by atoms with E-state index in [1.807, 2.05) is 6.08 Å². The number of ether oxygens (including phenoxy) is 2. The number of Topliss-reactive ketones (excluding diaryl/α,β-unsaturated/α-hetero) is 1. The van der Waals surface area contributed by atoms with Crippen molar-refractivity contribution in [2.45, 2.75) is 98.7 Å². The number of hydrogen-bond acceptors (Lipinski definition) is 5. The van der Waals surface area contributed by atoms with Crippen LogP contribution in [0.4, 0.5) is 0 Å². The molecule has 0 radical (unpaired) electrons. The summed E-state index contributed by atoms with van der Waals surface area (Å²) in [4.78, 5) is 40.5. The molecule has 192 valence electrons. The lowest BCUT2D eigenvalue weighted by Crippen LogP contribution is -2.63. The van der Waals surface area contributed by atoms with Gasteiger partial charge in [0, 0.05) is 16.7 Å². The predicted molar refractivity (Wildman–Crippen MR) is 131 cm³/mol. The first kappa shape index (κ1) is 23.9. The van der Waals surface area contributed by atoms with Gasteiger partial charge in [0.25, 0.3) is 0 Å². The molecule has 1 heterocycles. The molecule has 9 atom stereocenters. The lowest BCUT2D eigenvalue weighted by Gasteiger charge is -2.64. The van der Waals surface area contributed by atoms with Gasteiger partial charge in [-0.1, -0.05) is 47.1 Å². The molecule has 1 aliphatic heterocycles. The van der Waals surface area contributed by atoms with E-state index in [-0.39, 0.29) is 69.7 Å². The summed E-state index contributed by atoms with van der Waals surface area (Å²) in [7, 11) is 1.50. The summed E-state index contributed by atoms with van der Waals surface area (Å²) in [6.45, 7) is 13.4. The molecule has 4 saturated carbocycles. The third kappa shape index (κ3) is 2.77. The summed E-state index contributed by atoms with van der Waals surface area (Å²) < 4.78 is 11.5. The molecular formula is C30H42O5. The zero-order valence-corrected chi connectivity index (χ0v) is 22.5. The van der Waals surface area contributed by atoms with E-state index >= 15 is 0 Å². The molecule has 6 aliphatic rings. The van der Waals surface area contributed by atoms with Gasteiger partial charge in [0.1, 0.15) is 12.2 Å². The maximum atomic E-state index is 14.2. The molecule has 0 amide bonds. The Morgan fingerprint density at radius 3 is 2.37 bits per heavy atom. The van der Waals surface area contributed by atoms with Crippen LogP contribution in [-0.4, -0.2) is 36.9 Å². The Hall–Kier alpha value is -1.49. The second-order valence-electron chi connectivity index (χ2n) is 14.6.